The third-order valence-corrected chi connectivity index (χ3v) is 6.87. The minimum Gasteiger partial charge on any atom is -0.507 e. The summed E-state index contributed by atoms with van der Waals surface area (Å²) < 4.78 is 124. The zero-order chi connectivity index (χ0) is 34.0. The predicted molar refractivity (Wildman–Crippen MR) is 147 cm³/mol. The Hall–Kier alpha value is -5.01. The molecule has 0 saturated carbocycles. The molecule has 242 valence electrons. The fraction of sp³-hybridized carbons (Fsp3) is 0.188. The van der Waals surface area contributed by atoms with Crippen molar-refractivity contribution >= 4 is 11.9 Å². The van der Waals surface area contributed by atoms with Crippen LogP contribution in [0.3, 0.4) is 0 Å². The SMILES string of the molecule is COC(=O)[C@H](Cc1ccc(-c2cc(C(F)(F)F)cc(C(F)(F)F)c2)cc1)NC(=O)c1cc(-c2cccc(C(F)(F)F)c2)ccc1O. The van der Waals surface area contributed by atoms with Crippen molar-refractivity contribution in [2.45, 2.75) is 31.0 Å². The molecule has 4 aromatic carbocycles. The molecule has 5 nitrogen and oxygen atoms in total. The van der Waals surface area contributed by atoms with Gasteiger partial charge in [-0.25, -0.2) is 4.79 Å². The maximum Gasteiger partial charge on any atom is 0.416 e. The molecule has 0 saturated heterocycles. The van der Waals surface area contributed by atoms with E-state index < -0.39 is 58.9 Å². The smallest absolute Gasteiger partial charge is 0.416 e. The van der Waals surface area contributed by atoms with Gasteiger partial charge in [0, 0.05) is 6.42 Å². The standard InChI is InChI=1S/C32H22F9NO4/c1-46-29(45)26(42-28(44)25-15-20(9-10-27(25)43)19-3-2-4-22(12-19)30(33,34)35)11-17-5-7-18(8-6-17)21-13-23(31(36,37)38)16-24(14-21)32(39,40)41/h2-10,12-16,26,43H,11H2,1H3,(H,42,44)/t26-/m0/s1. The molecule has 0 aliphatic carbocycles. The lowest BCUT2D eigenvalue weighted by Crippen LogP contribution is -2.43. The highest BCUT2D eigenvalue weighted by Gasteiger charge is 2.37. The third kappa shape index (κ3) is 7.98. The zero-order valence-corrected chi connectivity index (χ0v) is 23.4. The van der Waals surface area contributed by atoms with Crippen LogP contribution in [0.2, 0.25) is 0 Å². The number of methoxy groups -OCH3 is 1. The largest absolute Gasteiger partial charge is 0.507 e. The number of benzene rings is 4. The summed E-state index contributed by atoms with van der Waals surface area (Å²) in [7, 11) is 1.03. The van der Waals surface area contributed by atoms with E-state index in [1.165, 1.54) is 42.5 Å². The monoisotopic (exact) mass is 655 g/mol. The van der Waals surface area contributed by atoms with Crippen molar-refractivity contribution in [1.29, 1.82) is 0 Å². The number of ether oxygens (including phenoxy) is 1. The van der Waals surface area contributed by atoms with Gasteiger partial charge in [0.1, 0.15) is 11.8 Å². The number of esters is 1. The zero-order valence-electron chi connectivity index (χ0n) is 23.4. The van der Waals surface area contributed by atoms with Gasteiger partial charge in [0.25, 0.3) is 5.91 Å². The molecule has 0 fully saturated rings. The first kappa shape index (κ1) is 33.9. The molecule has 1 amide bonds. The molecule has 4 rings (SSSR count). The Morgan fingerprint density at radius 2 is 1.20 bits per heavy atom. The first-order valence-electron chi connectivity index (χ1n) is 13.1. The summed E-state index contributed by atoms with van der Waals surface area (Å²) in [5, 5.41) is 12.7. The third-order valence-electron chi connectivity index (χ3n) is 6.87. The van der Waals surface area contributed by atoms with Gasteiger partial charge in [-0.3, -0.25) is 4.79 Å². The molecule has 1 atom stereocenters. The average molecular weight is 656 g/mol. The Bertz CT molecular complexity index is 1710. The van der Waals surface area contributed by atoms with Gasteiger partial charge in [-0.1, -0.05) is 42.5 Å². The number of carbonyl (C=O) groups excluding carboxylic acids is 2. The number of alkyl halides is 9. The van der Waals surface area contributed by atoms with E-state index in [0.717, 1.165) is 31.4 Å². The van der Waals surface area contributed by atoms with Crippen molar-refractivity contribution < 1.29 is 58.9 Å². The maximum atomic E-state index is 13.3. The minimum atomic E-state index is -5.04. The molecule has 0 aliphatic rings. The number of hydrogen-bond acceptors (Lipinski definition) is 4. The van der Waals surface area contributed by atoms with E-state index in [0.29, 0.717) is 17.7 Å². The highest BCUT2D eigenvalue weighted by atomic mass is 19.4. The van der Waals surface area contributed by atoms with Crippen LogP contribution >= 0.6 is 0 Å². The molecule has 0 heterocycles. The highest BCUT2D eigenvalue weighted by Crippen LogP contribution is 2.39. The summed E-state index contributed by atoms with van der Waals surface area (Å²) in [6.07, 6.45) is -15.0. The van der Waals surface area contributed by atoms with Crippen molar-refractivity contribution in [2.75, 3.05) is 7.11 Å². The van der Waals surface area contributed by atoms with Crippen molar-refractivity contribution in [3.05, 3.63) is 113 Å². The number of amides is 1. The van der Waals surface area contributed by atoms with E-state index in [1.54, 1.807) is 0 Å². The number of carbonyl (C=O) groups is 2. The van der Waals surface area contributed by atoms with Gasteiger partial charge in [-0.2, -0.15) is 39.5 Å². The van der Waals surface area contributed by atoms with E-state index in [-0.39, 0.29) is 40.3 Å². The van der Waals surface area contributed by atoms with Gasteiger partial charge in [-0.05, 0) is 70.3 Å². The van der Waals surface area contributed by atoms with Crippen LogP contribution in [0.15, 0.2) is 84.9 Å². The van der Waals surface area contributed by atoms with Crippen molar-refractivity contribution in [3.63, 3.8) is 0 Å². The molecule has 0 radical (unpaired) electrons. The second-order valence-electron chi connectivity index (χ2n) is 10.1. The van der Waals surface area contributed by atoms with E-state index in [2.05, 4.69) is 5.32 Å². The van der Waals surface area contributed by atoms with Crippen LogP contribution in [-0.4, -0.2) is 30.1 Å². The number of hydrogen-bond donors (Lipinski definition) is 2. The lowest BCUT2D eigenvalue weighted by atomic mass is 9.97. The summed E-state index contributed by atoms with van der Waals surface area (Å²) in [6, 6.07) is 12.7. The first-order chi connectivity index (χ1) is 21.4. The highest BCUT2D eigenvalue weighted by molar-refractivity contribution is 6.00. The maximum absolute atomic E-state index is 13.3. The molecule has 46 heavy (non-hydrogen) atoms. The second kappa shape index (κ2) is 12.8. The topological polar surface area (TPSA) is 75.6 Å². The van der Waals surface area contributed by atoms with Crippen LogP contribution in [0.25, 0.3) is 22.3 Å². The molecule has 0 aliphatic heterocycles. The predicted octanol–water partition coefficient (Wildman–Crippen LogP) is 8.30. The summed E-state index contributed by atoms with van der Waals surface area (Å²) in [5.74, 6) is -2.46. The average Bonchev–Trinajstić information content (AvgIpc) is 2.99. The first-order valence-corrected chi connectivity index (χ1v) is 13.1. The van der Waals surface area contributed by atoms with Crippen LogP contribution in [-0.2, 0) is 34.5 Å². The molecule has 4 aromatic rings. The lowest BCUT2D eigenvalue weighted by molar-refractivity contribution is -0.144. The fourth-order valence-electron chi connectivity index (χ4n) is 4.53. The van der Waals surface area contributed by atoms with Crippen LogP contribution in [0.5, 0.6) is 5.75 Å². The van der Waals surface area contributed by atoms with Crippen molar-refractivity contribution in [1.82, 2.24) is 5.32 Å². The molecular weight excluding hydrogens is 633 g/mol. The molecule has 14 heteroatoms. The Morgan fingerprint density at radius 3 is 1.74 bits per heavy atom. The fourth-order valence-corrected chi connectivity index (χ4v) is 4.53. The van der Waals surface area contributed by atoms with Gasteiger partial charge in [0.05, 0.1) is 29.4 Å². The van der Waals surface area contributed by atoms with Crippen LogP contribution in [0.1, 0.15) is 32.6 Å². The Kier molecular flexibility index (Phi) is 9.41. The van der Waals surface area contributed by atoms with Gasteiger partial charge >= 0.3 is 24.5 Å². The molecule has 0 aromatic heterocycles. The Morgan fingerprint density at radius 1 is 0.674 bits per heavy atom. The second-order valence-corrected chi connectivity index (χ2v) is 10.1. The van der Waals surface area contributed by atoms with Crippen molar-refractivity contribution in [2.24, 2.45) is 0 Å². The van der Waals surface area contributed by atoms with Crippen LogP contribution in [0.4, 0.5) is 39.5 Å². The Balaban J connectivity index is 1.58. The Labute approximate surface area is 255 Å². The molecule has 0 spiro atoms. The van der Waals surface area contributed by atoms with Gasteiger partial charge < -0.3 is 15.2 Å². The molecular formula is C32H22F9NO4. The minimum absolute atomic E-state index is 0.00855. The summed E-state index contributed by atoms with van der Waals surface area (Å²) in [6.45, 7) is 0. The lowest BCUT2D eigenvalue weighted by Gasteiger charge is -2.18. The number of phenolic OH excluding ortho intramolecular Hbond substituents is 1. The normalized spacial score (nSPS) is 12.8. The molecule has 0 bridgehead atoms. The summed E-state index contributed by atoms with van der Waals surface area (Å²) in [5.41, 5.74) is -4.06. The van der Waals surface area contributed by atoms with E-state index in [9.17, 15) is 54.2 Å². The number of nitrogens with one attached hydrogen (secondary N) is 1. The van der Waals surface area contributed by atoms with E-state index in [1.807, 2.05) is 0 Å². The van der Waals surface area contributed by atoms with Gasteiger partial charge in [0.2, 0.25) is 0 Å². The van der Waals surface area contributed by atoms with Crippen molar-refractivity contribution in [3.8, 4) is 28.0 Å². The van der Waals surface area contributed by atoms with Gasteiger partial charge in [0.15, 0.2) is 0 Å². The molecule has 0 unspecified atom stereocenters. The van der Waals surface area contributed by atoms with Crippen LogP contribution in [0, 0.1) is 0 Å². The molecule has 2 N–H and O–H groups in total. The van der Waals surface area contributed by atoms with Crippen LogP contribution < -0.4 is 5.32 Å². The number of halogens is 9. The number of phenols is 1. The van der Waals surface area contributed by atoms with Gasteiger partial charge in [-0.15, -0.1) is 0 Å². The number of aromatic hydroxyl groups is 1. The van der Waals surface area contributed by atoms with E-state index >= 15 is 0 Å². The summed E-state index contributed by atoms with van der Waals surface area (Å²) in [4.78, 5) is 25.6. The quantitative estimate of drug-likeness (QED) is 0.155. The summed E-state index contributed by atoms with van der Waals surface area (Å²) >= 11 is 0. The van der Waals surface area contributed by atoms with E-state index in [4.69, 9.17) is 4.74 Å². The number of rotatable bonds is 7.